The van der Waals surface area contributed by atoms with Gasteiger partial charge < -0.3 is 5.32 Å². The zero-order chi connectivity index (χ0) is 15.2. The van der Waals surface area contributed by atoms with Crippen LogP contribution in [-0.2, 0) is 0 Å². The summed E-state index contributed by atoms with van der Waals surface area (Å²) in [6.07, 6.45) is 0. The van der Waals surface area contributed by atoms with Gasteiger partial charge in [-0.1, -0.05) is 30.3 Å². The third kappa shape index (κ3) is 3.79. The van der Waals surface area contributed by atoms with E-state index in [4.69, 9.17) is 11.6 Å². The van der Waals surface area contributed by atoms with Crippen LogP contribution in [0.5, 0.6) is 0 Å². The van der Waals surface area contributed by atoms with Crippen molar-refractivity contribution in [3.05, 3.63) is 75.8 Å². The molecule has 0 saturated carbocycles. The van der Waals surface area contributed by atoms with E-state index in [-0.39, 0.29) is 23.5 Å². The van der Waals surface area contributed by atoms with Crippen LogP contribution in [0.4, 0.5) is 5.69 Å². The molecule has 1 unspecified atom stereocenters. The summed E-state index contributed by atoms with van der Waals surface area (Å²) in [5.74, 6) is -0.0812. The predicted molar refractivity (Wildman–Crippen MR) is 80.5 cm³/mol. The molecule has 0 radical (unpaired) electrons. The van der Waals surface area contributed by atoms with E-state index in [1.807, 2.05) is 30.3 Å². The van der Waals surface area contributed by atoms with Crippen molar-refractivity contribution in [2.75, 3.05) is 5.88 Å². The number of non-ortho nitro benzene ring substituents is 1. The van der Waals surface area contributed by atoms with Gasteiger partial charge in [-0.3, -0.25) is 14.9 Å². The summed E-state index contributed by atoms with van der Waals surface area (Å²) in [6, 6.07) is 14.5. The van der Waals surface area contributed by atoms with Gasteiger partial charge in [0.2, 0.25) is 0 Å². The van der Waals surface area contributed by atoms with Crippen molar-refractivity contribution >= 4 is 23.2 Å². The van der Waals surface area contributed by atoms with Crippen LogP contribution in [0.1, 0.15) is 22.0 Å². The van der Waals surface area contributed by atoms with Gasteiger partial charge >= 0.3 is 0 Å². The highest BCUT2D eigenvalue weighted by Gasteiger charge is 2.15. The Kier molecular flexibility index (Phi) is 4.90. The van der Waals surface area contributed by atoms with E-state index in [2.05, 4.69) is 5.32 Å². The maximum Gasteiger partial charge on any atom is 0.269 e. The van der Waals surface area contributed by atoms with Crippen molar-refractivity contribution in [3.63, 3.8) is 0 Å². The standard InChI is InChI=1S/C15H13ClN2O3/c16-10-14(11-4-2-1-3-5-11)17-15(19)12-6-8-13(9-7-12)18(20)21/h1-9,14H,10H2,(H,17,19). The minimum Gasteiger partial charge on any atom is -0.344 e. The highest BCUT2D eigenvalue weighted by Crippen LogP contribution is 2.16. The highest BCUT2D eigenvalue weighted by atomic mass is 35.5. The van der Waals surface area contributed by atoms with Gasteiger partial charge in [0, 0.05) is 23.6 Å². The molecule has 0 aliphatic carbocycles. The Morgan fingerprint density at radius 2 is 1.76 bits per heavy atom. The minimum absolute atomic E-state index is 0.0523. The molecule has 6 heteroatoms. The molecule has 0 heterocycles. The molecule has 0 aromatic heterocycles. The summed E-state index contributed by atoms with van der Waals surface area (Å²) in [5, 5.41) is 13.4. The Labute approximate surface area is 126 Å². The molecule has 0 fully saturated rings. The van der Waals surface area contributed by atoms with Crippen LogP contribution in [0.25, 0.3) is 0 Å². The fourth-order valence-electron chi connectivity index (χ4n) is 1.87. The number of halogens is 1. The molecule has 5 nitrogen and oxygen atoms in total. The van der Waals surface area contributed by atoms with E-state index >= 15 is 0 Å². The van der Waals surface area contributed by atoms with Gasteiger partial charge in [-0.25, -0.2) is 0 Å². The normalized spacial score (nSPS) is 11.7. The van der Waals surface area contributed by atoms with Crippen LogP contribution >= 0.6 is 11.6 Å². The molecule has 1 atom stereocenters. The van der Waals surface area contributed by atoms with E-state index < -0.39 is 4.92 Å². The zero-order valence-corrected chi connectivity index (χ0v) is 11.8. The van der Waals surface area contributed by atoms with E-state index in [1.165, 1.54) is 24.3 Å². The summed E-state index contributed by atoms with van der Waals surface area (Å²) in [5.41, 5.74) is 1.21. The lowest BCUT2D eigenvalue weighted by Crippen LogP contribution is -2.29. The van der Waals surface area contributed by atoms with E-state index in [9.17, 15) is 14.9 Å². The molecule has 1 amide bonds. The number of rotatable bonds is 5. The molecule has 21 heavy (non-hydrogen) atoms. The van der Waals surface area contributed by atoms with Crippen molar-refractivity contribution in [1.82, 2.24) is 5.32 Å². The predicted octanol–water partition coefficient (Wildman–Crippen LogP) is 3.30. The fourth-order valence-corrected chi connectivity index (χ4v) is 2.13. The lowest BCUT2D eigenvalue weighted by Gasteiger charge is -2.16. The number of hydrogen-bond acceptors (Lipinski definition) is 3. The van der Waals surface area contributed by atoms with Crippen LogP contribution in [0, 0.1) is 10.1 Å². The average Bonchev–Trinajstić information content (AvgIpc) is 2.53. The first kappa shape index (κ1) is 15.0. The summed E-state index contributed by atoms with van der Waals surface area (Å²) in [4.78, 5) is 22.2. The summed E-state index contributed by atoms with van der Waals surface area (Å²) in [7, 11) is 0. The number of alkyl halides is 1. The summed E-state index contributed by atoms with van der Waals surface area (Å²) in [6.45, 7) is 0. The van der Waals surface area contributed by atoms with Gasteiger partial charge in [-0.05, 0) is 17.7 Å². The molecule has 108 valence electrons. The smallest absolute Gasteiger partial charge is 0.269 e. The number of nitrogens with one attached hydrogen (secondary N) is 1. The number of benzene rings is 2. The van der Waals surface area contributed by atoms with Crippen molar-refractivity contribution < 1.29 is 9.72 Å². The van der Waals surface area contributed by atoms with Crippen molar-refractivity contribution in [2.24, 2.45) is 0 Å². The van der Waals surface area contributed by atoms with Crippen LogP contribution in [0.15, 0.2) is 54.6 Å². The lowest BCUT2D eigenvalue weighted by atomic mass is 10.1. The van der Waals surface area contributed by atoms with Crippen molar-refractivity contribution in [1.29, 1.82) is 0 Å². The number of carbonyl (C=O) groups is 1. The Morgan fingerprint density at radius 3 is 2.29 bits per heavy atom. The van der Waals surface area contributed by atoms with Crippen LogP contribution in [-0.4, -0.2) is 16.7 Å². The molecule has 2 rings (SSSR count). The molecular weight excluding hydrogens is 292 g/mol. The SMILES string of the molecule is O=C(NC(CCl)c1ccccc1)c1ccc([N+](=O)[O-])cc1. The molecule has 1 N–H and O–H groups in total. The average molecular weight is 305 g/mol. The first-order valence-corrected chi connectivity index (χ1v) is 6.81. The number of nitro benzene ring substituents is 1. The first-order valence-electron chi connectivity index (χ1n) is 6.28. The third-order valence-electron chi connectivity index (χ3n) is 3.00. The largest absolute Gasteiger partial charge is 0.344 e. The molecular formula is C15H13ClN2O3. The van der Waals surface area contributed by atoms with Crippen LogP contribution in [0.2, 0.25) is 0 Å². The van der Waals surface area contributed by atoms with E-state index in [0.29, 0.717) is 5.56 Å². The summed E-state index contributed by atoms with van der Waals surface area (Å²) >= 11 is 5.90. The monoisotopic (exact) mass is 304 g/mol. The number of amides is 1. The van der Waals surface area contributed by atoms with Gasteiger partial charge in [-0.15, -0.1) is 11.6 Å². The summed E-state index contributed by atoms with van der Waals surface area (Å²) < 4.78 is 0. The second kappa shape index (κ2) is 6.85. The second-order valence-electron chi connectivity index (χ2n) is 4.40. The fraction of sp³-hybridized carbons (Fsp3) is 0.133. The topological polar surface area (TPSA) is 72.2 Å². The van der Waals surface area contributed by atoms with Gasteiger partial charge in [0.05, 0.1) is 11.0 Å². The number of carbonyl (C=O) groups excluding carboxylic acids is 1. The molecule has 0 spiro atoms. The van der Waals surface area contributed by atoms with Gasteiger partial charge in [0.25, 0.3) is 11.6 Å². The van der Waals surface area contributed by atoms with Gasteiger partial charge in [-0.2, -0.15) is 0 Å². The third-order valence-corrected chi connectivity index (χ3v) is 3.31. The minimum atomic E-state index is -0.507. The van der Waals surface area contributed by atoms with Crippen LogP contribution < -0.4 is 5.32 Å². The van der Waals surface area contributed by atoms with Crippen LogP contribution in [0.3, 0.4) is 0 Å². The van der Waals surface area contributed by atoms with Gasteiger partial charge in [0.1, 0.15) is 0 Å². The zero-order valence-electron chi connectivity index (χ0n) is 11.0. The molecule has 0 aliphatic rings. The highest BCUT2D eigenvalue weighted by molar-refractivity contribution is 6.18. The molecule has 2 aromatic carbocycles. The first-order chi connectivity index (χ1) is 10.1. The maximum absolute atomic E-state index is 12.1. The molecule has 0 bridgehead atoms. The van der Waals surface area contributed by atoms with E-state index in [0.717, 1.165) is 5.56 Å². The van der Waals surface area contributed by atoms with E-state index in [1.54, 1.807) is 0 Å². The van der Waals surface area contributed by atoms with Crippen molar-refractivity contribution in [2.45, 2.75) is 6.04 Å². The number of nitro groups is 1. The second-order valence-corrected chi connectivity index (χ2v) is 4.70. The van der Waals surface area contributed by atoms with Gasteiger partial charge in [0.15, 0.2) is 0 Å². The lowest BCUT2D eigenvalue weighted by molar-refractivity contribution is -0.384. The van der Waals surface area contributed by atoms with Crippen molar-refractivity contribution in [3.8, 4) is 0 Å². The molecule has 2 aromatic rings. The molecule has 0 saturated heterocycles. The Bertz CT molecular complexity index is 629. The quantitative estimate of drug-likeness (QED) is 0.523. The number of nitrogens with zero attached hydrogens (tertiary/aromatic N) is 1. The maximum atomic E-state index is 12.1. The Balaban J connectivity index is 2.11. The number of hydrogen-bond donors (Lipinski definition) is 1. The Morgan fingerprint density at radius 1 is 1.14 bits per heavy atom. The molecule has 0 aliphatic heterocycles. The Hall–Kier alpha value is -2.40.